The maximum Gasteiger partial charge on any atom is 0.0203 e. The second-order valence-corrected chi connectivity index (χ2v) is 2.75. The standard InChI is InChI=1S/C8H11N.2C2H6/c1-9-6-5-7-3-2-4-8(7)9;2*1-2/h5-6H,2-4H2,1H3;2*1-2H3. The Morgan fingerprint density at radius 2 is 1.69 bits per heavy atom. The molecule has 1 aliphatic rings. The Morgan fingerprint density at radius 1 is 1.08 bits per heavy atom. The summed E-state index contributed by atoms with van der Waals surface area (Å²) in [6, 6.07) is 2.24. The van der Waals surface area contributed by atoms with Crippen molar-refractivity contribution in [3.63, 3.8) is 0 Å². The number of nitrogens with zero attached hydrogens (tertiary/aromatic N) is 1. The summed E-state index contributed by atoms with van der Waals surface area (Å²) in [6.07, 6.45) is 6.11. The third-order valence-corrected chi connectivity index (χ3v) is 2.16. The van der Waals surface area contributed by atoms with Crippen molar-refractivity contribution >= 4 is 0 Å². The minimum atomic E-state index is 1.29. The van der Waals surface area contributed by atoms with Gasteiger partial charge in [0.2, 0.25) is 0 Å². The van der Waals surface area contributed by atoms with Crippen LogP contribution in [-0.2, 0) is 19.9 Å². The van der Waals surface area contributed by atoms with E-state index >= 15 is 0 Å². The molecule has 1 aliphatic carbocycles. The van der Waals surface area contributed by atoms with Gasteiger partial charge in [-0.3, -0.25) is 0 Å². The first kappa shape index (κ1) is 12.3. The van der Waals surface area contributed by atoms with E-state index in [1.807, 2.05) is 27.7 Å². The second-order valence-electron chi connectivity index (χ2n) is 2.75. The minimum Gasteiger partial charge on any atom is -0.354 e. The molecule has 0 amide bonds. The molecule has 0 radical (unpaired) electrons. The molecule has 0 spiro atoms. The Balaban J connectivity index is 0.000000322. The molecular weight excluding hydrogens is 158 g/mol. The lowest BCUT2D eigenvalue weighted by Gasteiger charge is -1.94. The fraction of sp³-hybridized carbons (Fsp3) is 0.667. The van der Waals surface area contributed by atoms with Crippen LogP contribution in [0, 0.1) is 0 Å². The molecule has 76 valence electrons. The molecule has 0 N–H and O–H groups in total. The predicted molar refractivity (Wildman–Crippen MR) is 60.1 cm³/mol. The van der Waals surface area contributed by atoms with Gasteiger partial charge in [-0.15, -0.1) is 0 Å². The molecule has 0 saturated heterocycles. The predicted octanol–water partition coefficient (Wildman–Crippen LogP) is 3.57. The van der Waals surface area contributed by atoms with Crippen molar-refractivity contribution in [3.8, 4) is 0 Å². The Labute approximate surface area is 82.8 Å². The van der Waals surface area contributed by atoms with Crippen molar-refractivity contribution in [1.29, 1.82) is 0 Å². The van der Waals surface area contributed by atoms with Crippen LogP contribution >= 0.6 is 0 Å². The Kier molecular flexibility index (Phi) is 6.38. The van der Waals surface area contributed by atoms with Gasteiger partial charge in [-0.2, -0.15) is 0 Å². The van der Waals surface area contributed by atoms with E-state index in [0.29, 0.717) is 0 Å². The maximum atomic E-state index is 2.24. The molecule has 0 fully saturated rings. The normalized spacial score (nSPS) is 12.1. The molecule has 0 unspecified atom stereocenters. The molecule has 0 aromatic carbocycles. The van der Waals surface area contributed by atoms with E-state index < -0.39 is 0 Å². The summed E-state index contributed by atoms with van der Waals surface area (Å²) >= 11 is 0. The molecule has 1 aromatic heterocycles. The van der Waals surface area contributed by atoms with Crippen LogP contribution < -0.4 is 0 Å². The lowest BCUT2D eigenvalue weighted by atomic mass is 10.3. The number of hydrogen-bond donors (Lipinski definition) is 0. The topological polar surface area (TPSA) is 4.93 Å². The molecule has 1 heterocycles. The van der Waals surface area contributed by atoms with Crippen LogP contribution in [0.15, 0.2) is 12.3 Å². The summed E-state index contributed by atoms with van der Waals surface area (Å²) in [5, 5.41) is 0. The first-order chi connectivity index (χ1) is 6.38. The quantitative estimate of drug-likeness (QED) is 0.576. The van der Waals surface area contributed by atoms with Crippen LogP contribution in [-0.4, -0.2) is 4.57 Å². The highest BCUT2D eigenvalue weighted by Gasteiger charge is 2.12. The van der Waals surface area contributed by atoms with Crippen molar-refractivity contribution in [2.45, 2.75) is 47.0 Å². The van der Waals surface area contributed by atoms with Gasteiger partial charge in [-0.05, 0) is 30.9 Å². The molecular formula is C12H23N. The van der Waals surface area contributed by atoms with Gasteiger partial charge >= 0.3 is 0 Å². The molecule has 0 saturated carbocycles. The number of aryl methyl sites for hydroxylation is 2. The van der Waals surface area contributed by atoms with Gasteiger partial charge in [0.1, 0.15) is 0 Å². The summed E-state index contributed by atoms with van der Waals surface area (Å²) in [5.74, 6) is 0. The lowest BCUT2D eigenvalue weighted by Crippen LogP contribution is -1.90. The zero-order valence-corrected chi connectivity index (χ0v) is 9.72. The zero-order chi connectivity index (χ0) is 10.3. The third kappa shape index (κ3) is 2.91. The van der Waals surface area contributed by atoms with Crippen molar-refractivity contribution in [2.75, 3.05) is 0 Å². The van der Waals surface area contributed by atoms with E-state index in [1.165, 1.54) is 19.3 Å². The number of rotatable bonds is 0. The first-order valence-electron chi connectivity index (χ1n) is 5.51. The van der Waals surface area contributed by atoms with Crippen LogP contribution in [0.4, 0.5) is 0 Å². The highest BCUT2D eigenvalue weighted by atomic mass is 14.9. The van der Waals surface area contributed by atoms with Crippen molar-refractivity contribution < 1.29 is 0 Å². The molecule has 13 heavy (non-hydrogen) atoms. The molecule has 1 aromatic rings. The minimum absolute atomic E-state index is 1.29. The largest absolute Gasteiger partial charge is 0.354 e. The first-order valence-corrected chi connectivity index (χ1v) is 5.51. The van der Waals surface area contributed by atoms with E-state index in [2.05, 4.69) is 23.9 Å². The average molecular weight is 181 g/mol. The van der Waals surface area contributed by atoms with Gasteiger partial charge in [0, 0.05) is 18.9 Å². The summed E-state index contributed by atoms with van der Waals surface area (Å²) in [7, 11) is 2.13. The Bertz CT molecular complexity index is 223. The summed E-state index contributed by atoms with van der Waals surface area (Å²) in [6.45, 7) is 8.00. The maximum absolute atomic E-state index is 2.24. The van der Waals surface area contributed by atoms with Gasteiger partial charge < -0.3 is 4.57 Å². The van der Waals surface area contributed by atoms with E-state index in [1.54, 1.807) is 11.3 Å². The molecule has 0 bridgehead atoms. The van der Waals surface area contributed by atoms with E-state index in [0.717, 1.165) is 0 Å². The molecule has 0 atom stereocenters. The van der Waals surface area contributed by atoms with Crippen molar-refractivity contribution in [1.82, 2.24) is 4.57 Å². The summed E-state index contributed by atoms with van der Waals surface area (Å²) in [4.78, 5) is 0. The van der Waals surface area contributed by atoms with Gasteiger partial charge in [-0.1, -0.05) is 27.7 Å². The zero-order valence-electron chi connectivity index (χ0n) is 9.72. The second kappa shape index (κ2) is 6.76. The summed E-state index contributed by atoms with van der Waals surface area (Å²) < 4.78 is 2.24. The van der Waals surface area contributed by atoms with Crippen LogP contribution in [0.5, 0.6) is 0 Å². The Hall–Kier alpha value is -0.720. The average Bonchev–Trinajstić information content (AvgIpc) is 2.78. The van der Waals surface area contributed by atoms with E-state index in [9.17, 15) is 0 Å². The SMILES string of the molecule is CC.CC.Cn1ccc2c1CCC2. The monoisotopic (exact) mass is 181 g/mol. The smallest absolute Gasteiger partial charge is 0.0203 e. The molecule has 2 rings (SSSR count). The number of fused-ring (bicyclic) bond motifs is 1. The van der Waals surface area contributed by atoms with Crippen molar-refractivity contribution in [3.05, 3.63) is 23.5 Å². The van der Waals surface area contributed by atoms with Crippen LogP contribution in [0.2, 0.25) is 0 Å². The Morgan fingerprint density at radius 3 is 2.23 bits per heavy atom. The van der Waals surface area contributed by atoms with E-state index in [-0.39, 0.29) is 0 Å². The van der Waals surface area contributed by atoms with Gasteiger partial charge in [0.05, 0.1) is 0 Å². The third-order valence-electron chi connectivity index (χ3n) is 2.16. The molecule has 1 nitrogen and oxygen atoms in total. The van der Waals surface area contributed by atoms with E-state index in [4.69, 9.17) is 0 Å². The summed E-state index contributed by atoms with van der Waals surface area (Å²) in [5.41, 5.74) is 3.12. The van der Waals surface area contributed by atoms with Gasteiger partial charge in [-0.25, -0.2) is 0 Å². The van der Waals surface area contributed by atoms with Crippen LogP contribution in [0.1, 0.15) is 45.4 Å². The number of hydrogen-bond acceptors (Lipinski definition) is 0. The fourth-order valence-corrected chi connectivity index (χ4v) is 1.63. The fourth-order valence-electron chi connectivity index (χ4n) is 1.63. The molecule has 1 heteroatoms. The van der Waals surface area contributed by atoms with Crippen LogP contribution in [0.25, 0.3) is 0 Å². The highest BCUT2D eigenvalue weighted by Crippen LogP contribution is 2.21. The van der Waals surface area contributed by atoms with Gasteiger partial charge in [0.15, 0.2) is 0 Å². The van der Waals surface area contributed by atoms with Crippen molar-refractivity contribution in [2.24, 2.45) is 7.05 Å². The number of aromatic nitrogens is 1. The van der Waals surface area contributed by atoms with Crippen LogP contribution in [0.3, 0.4) is 0 Å². The van der Waals surface area contributed by atoms with Gasteiger partial charge in [0.25, 0.3) is 0 Å². The highest BCUT2D eigenvalue weighted by molar-refractivity contribution is 5.26. The molecule has 0 aliphatic heterocycles. The lowest BCUT2D eigenvalue weighted by molar-refractivity contribution is 0.810.